The average molecular weight is 401 g/mol. The van der Waals surface area contributed by atoms with Crippen LogP contribution in [-0.4, -0.2) is 38.3 Å². The summed E-state index contributed by atoms with van der Waals surface area (Å²) in [4.78, 5) is 12.6. The maximum atomic E-state index is 12.8. The zero-order chi connectivity index (χ0) is 20.0. The molecule has 1 heterocycles. The molecular weight excluding hydrogens is 372 g/mol. The van der Waals surface area contributed by atoms with Crippen molar-refractivity contribution in [3.63, 3.8) is 0 Å². The molecule has 1 N–H and O–H groups in total. The second kappa shape index (κ2) is 9.34. The van der Waals surface area contributed by atoms with Crippen molar-refractivity contribution in [3.05, 3.63) is 65.2 Å². The Kier molecular flexibility index (Phi) is 6.86. The molecule has 1 saturated heterocycles. The maximum Gasteiger partial charge on any atom is 0.251 e. The summed E-state index contributed by atoms with van der Waals surface area (Å²) in [6.45, 7) is 3.63. The molecule has 28 heavy (non-hydrogen) atoms. The Hall–Kier alpha value is -2.18. The first-order chi connectivity index (χ1) is 13.5. The highest BCUT2D eigenvalue weighted by molar-refractivity contribution is 7.89. The molecule has 1 amide bonds. The number of hydrogen-bond donors (Lipinski definition) is 1. The number of amides is 1. The minimum absolute atomic E-state index is 0.0848. The molecule has 150 valence electrons. The van der Waals surface area contributed by atoms with Gasteiger partial charge in [0.1, 0.15) is 0 Å². The Morgan fingerprint density at radius 3 is 2.25 bits per heavy atom. The van der Waals surface area contributed by atoms with Gasteiger partial charge in [-0.25, -0.2) is 8.42 Å². The van der Waals surface area contributed by atoms with Gasteiger partial charge in [-0.05, 0) is 55.5 Å². The first-order valence-electron chi connectivity index (χ1n) is 9.91. The van der Waals surface area contributed by atoms with Gasteiger partial charge in [0.2, 0.25) is 10.0 Å². The summed E-state index contributed by atoms with van der Waals surface area (Å²) in [7, 11) is -3.41. The number of carbonyl (C=O) groups is 1. The monoisotopic (exact) mass is 400 g/mol. The predicted octanol–water partition coefficient (Wildman–Crippen LogP) is 3.53. The third-order valence-corrected chi connectivity index (χ3v) is 7.13. The maximum absolute atomic E-state index is 12.8. The smallest absolute Gasteiger partial charge is 0.251 e. The van der Waals surface area contributed by atoms with E-state index in [1.165, 1.54) is 0 Å². The van der Waals surface area contributed by atoms with Crippen LogP contribution in [0.25, 0.3) is 0 Å². The van der Waals surface area contributed by atoms with E-state index in [4.69, 9.17) is 0 Å². The van der Waals surface area contributed by atoms with Crippen LogP contribution in [0.4, 0.5) is 0 Å². The fourth-order valence-corrected chi connectivity index (χ4v) is 5.02. The highest BCUT2D eigenvalue weighted by atomic mass is 32.2. The molecule has 0 aromatic heterocycles. The van der Waals surface area contributed by atoms with Gasteiger partial charge in [0.25, 0.3) is 5.91 Å². The lowest BCUT2D eigenvalue weighted by molar-refractivity contribution is 0.0953. The van der Waals surface area contributed by atoms with Crippen molar-refractivity contribution >= 4 is 15.9 Å². The van der Waals surface area contributed by atoms with Crippen molar-refractivity contribution in [2.24, 2.45) is 0 Å². The van der Waals surface area contributed by atoms with E-state index in [-0.39, 0.29) is 5.91 Å². The molecule has 0 radical (unpaired) electrons. The minimum atomic E-state index is -3.41. The molecule has 2 aromatic rings. The third-order valence-electron chi connectivity index (χ3n) is 5.22. The first kappa shape index (κ1) is 20.6. The van der Waals surface area contributed by atoms with Crippen LogP contribution in [0, 0.1) is 6.92 Å². The summed E-state index contributed by atoms with van der Waals surface area (Å²) >= 11 is 0. The molecule has 0 spiro atoms. The second-order valence-corrected chi connectivity index (χ2v) is 9.22. The zero-order valence-electron chi connectivity index (χ0n) is 16.4. The van der Waals surface area contributed by atoms with E-state index in [1.807, 2.05) is 43.3 Å². The first-order valence-corrected chi connectivity index (χ1v) is 11.4. The van der Waals surface area contributed by atoms with Crippen LogP contribution >= 0.6 is 0 Å². The van der Waals surface area contributed by atoms with Crippen LogP contribution in [0.5, 0.6) is 0 Å². The Morgan fingerprint density at radius 2 is 1.61 bits per heavy atom. The van der Waals surface area contributed by atoms with E-state index in [9.17, 15) is 13.2 Å². The average Bonchev–Trinajstić information content (AvgIpc) is 2.99. The van der Waals surface area contributed by atoms with Crippen molar-refractivity contribution in [1.82, 2.24) is 9.62 Å². The topological polar surface area (TPSA) is 66.5 Å². The Labute approximate surface area is 167 Å². The summed E-state index contributed by atoms with van der Waals surface area (Å²) in [6, 6.07) is 14.5. The lowest BCUT2D eigenvalue weighted by Gasteiger charge is -2.20. The van der Waals surface area contributed by atoms with Crippen LogP contribution in [0.2, 0.25) is 0 Å². The number of aryl methyl sites for hydroxylation is 1. The van der Waals surface area contributed by atoms with E-state index < -0.39 is 10.0 Å². The number of benzene rings is 2. The molecule has 0 atom stereocenters. The number of rotatable bonds is 6. The highest BCUT2D eigenvalue weighted by Crippen LogP contribution is 2.20. The molecule has 0 unspecified atom stereocenters. The summed E-state index contributed by atoms with van der Waals surface area (Å²) in [6.07, 6.45) is 4.70. The normalized spacial score (nSPS) is 15.8. The Bertz CT molecular complexity index is 900. The van der Waals surface area contributed by atoms with Gasteiger partial charge < -0.3 is 5.32 Å². The summed E-state index contributed by atoms with van der Waals surface area (Å²) < 4.78 is 27.2. The van der Waals surface area contributed by atoms with Crippen molar-refractivity contribution in [1.29, 1.82) is 0 Å². The number of hydrogen-bond acceptors (Lipinski definition) is 3. The SMILES string of the molecule is Cc1ccccc1C(=O)NCCc1ccc(S(=O)(=O)N2CCCCCC2)cc1. The number of carbonyl (C=O) groups excluding carboxylic acids is 1. The van der Waals surface area contributed by atoms with Crippen molar-refractivity contribution in [3.8, 4) is 0 Å². The van der Waals surface area contributed by atoms with Crippen LogP contribution < -0.4 is 5.32 Å². The summed E-state index contributed by atoms with van der Waals surface area (Å²) in [5.74, 6) is -0.0848. The third kappa shape index (κ3) is 5.00. The van der Waals surface area contributed by atoms with Crippen LogP contribution in [-0.2, 0) is 16.4 Å². The van der Waals surface area contributed by atoms with Gasteiger partial charge in [0.15, 0.2) is 0 Å². The van der Waals surface area contributed by atoms with Crippen molar-refractivity contribution < 1.29 is 13.2 Å². The zero-order valence-corrected chi connectivity index (χ0v) is 17.2. The summed E-state index contributed by atoms with van der Waals surface area (Å²) in [5.41, 5.74) is 2.63. The van der Waals surface area contributed by atoms with Gasteiger partial charge in [-0.3, -0.25) is 4.79 Å². The van der Waals surface area contributed by atoms with E-state index in [1.54, 1.807) is 16.4 Å². The molecular formula is C22H28N2O3S. The number of nitrogens with one attached hydrogen (secondary N) is 1. The van der Waals surface area contributed by atoms with Crippen molar-refractivity contribution in [2.75, 3.05) is 19.6 Å². The minimum Gasteiger partial charge on any atom is -0.352 e. The van der Waals surface area contributed by atoms with Crippen LogP contribution in [0.3, 0.4) is 0 Å². The van der Waals surface area contributed by atoms with E-state index in [2.05, 4.69) is 5.32 Å². The van der Waals surface area contributed by atoms with Gasteiger partial charge in [-0.2, -0.15) is 4.31 Å². The number of nitrogens with zero attached hydrogens (tertiary/aromatic N) is 1. The van der Waals surface area contributed by atoms with Gasteiger partial charge in [0, 0.05) is 25.2 Å². The van der Waals surface area contributed by atoms with E-state index in [0.29, 0.717) is 36.5 Å². The van der Waals surface area contributed by atoms with Crippen molar-refractivity contribution in [2.45, 2.75) is 43.9 Å². The second-order valence-electron chi connectivity index (χ2n) is 7.28. The largest absolute Gasteiger partial charge is 0.352 e. The van der Waals surface area contributed by atoms with Crippen LogP contribution in [0.1, 0.15) is 47.2 Å². The highest BCUT2D eigenvalue weighted by Gasteiger charge is 2.24. The fraction of sp³-hybridized carbons (Fsp3) is 0.409. The van der Waals surface area contributed by atoms with E-state index >= 15 is 0 Å². The standard InChI is InChI=1S/C22H28N2O3S/c1-18-8-4-5-9-21(18)22(25)23-15-14-19-10-12-20(13-11-19)28(26,27)24-16-6-2-3-7-17-24/h4-5,8-13H,2-3,6-7,14-17H2,1H3,(H,23,25). The van der Waals surface area contributed by atoms with Gasteiger partial charge in [-0.1, -0.05) is 43.2 Å². The predicted molar refractivity (Wildman–Crippen MR) is 111 cm³/mol. The quantitative estimate of drug-likeness (QED) is 0.807. The van der Waals surface area contributed by atoms with Gasteiger partial charge in [0.05, 0.1) is 4.90 Å². The number of sulfonamides is 1. The molecule has 2 aromatic carbocycles. The Morgan fingerprint density at radius 1 is 0.964 bits per heavy atom. The summed E-state index contributed by atoms with van der Waals surface area (Å²) in [5, 5.41) is 2.93. The lowest BCUT2D eigenvalue weighted by Crippen LogP contribution is -2.31. The fourth-order valence-electron chi connectivity index (χ4n) is 3.50. The molecule has 1 aliphatic rings. The molecule has 3 rings (SSSR count). The van der Waals surface area contributed by atoms with E-state index in [0.717, 1.165) is 36.8 Å². The molecule has 0 aliphatic carbocycles. The van der Waals surface area contributed by atoms with Gasteiger partial charge >= 0.3 is 0 Å². The molecule has 1 fully saturated rings. The lowest BCUT2D eigenvalue weighted by atomic mass is 10.1. The molecule has 6 heteroatoms. The molecule has 0 bridgehead atoms. The van der Waals surface area contributed by atoms with Gasteiger partial charge in [-0.15, -0.1) is 0 Å². The molecule has 5 nitrogen and oxygen atoms in total. The molecule has 0 saturated carbocycles. The molecule has 1 aliphatic heterocycles. The Balaban J connectivity index is 1.57. The van der Waals surface area contributed by atoms with Crippen LogP contribution in [0.15, 0.2) is 53.4 Å².